The maximum Gasteiger partial charge on any atom is 0.247 e. The van der Waals surface area contributed by atoms with E-state index in [0.717, 1.165) is 30.6 Å². The van der Waals surface area contributed by atoms with Crippen molar-refractivity contribution in [2.45, 2.75) is 97.2 Å². The van der Waals surface area contributed by atoms with Crippen LogP contribution in [0.4, 0.5) is 0 Å². The monoisotopic (exact) mass is 562 g/mol. The highest BCUT2D eigenvalue weighted by atomic mass is 16.5. The fraction of sp³-hybridized carbons (Fsp3) is 0.545. The van der Waals surface area contributed by atoms with Crippen LogP contribution < -0.4 is 15.8 Å². The molecule has 6 rings (SSSR count). The molecular weight excluding hydrogens is 516 g/mol. The number of hydrogen-bond acceptors (Lipinski definition) is 6. The first-order valence-corrected chi connectivity index (χ1v) is 15.0. The highest BCUT2D eigenvalue weighted by Crippen LogP contribution is 2.52. The lowest BCUT2D eigenvalue weighted by Gasteiger charge is -2.38. The summed E-state index contributed by atoms with van der Waals surface area (Å²) in [4.78, 5) is 32.5. The lowest BCUT2D eigenvalue weighted by Crippen LogP contribution is -2.48. The van der Waals surface area contributed by atoms with E-state index in [1.165, 1.54) is 10.5 Å². The fourth-order valence-electron chi connectivity index (χ4n) is 5.93. The van der Waals surface area contributed by atoms with Gasteiger partial charge in [0.05, 0.1) is 25.2 Å². The number of carbonyl (C=O) groups is 2. The summed E-state index contributed by atoms with van der Waals surface area (Å²) in [6, 6.07) is 6.18. The van der Waals surface area contributed by atoms with Crippen molar-refractivity contribution in [3.63, 3.8) is 0 Å². The van der Waals surface area contributed by atoms with Crippen molar-refractivity contribution < 1.29 is 19.1 Å². The molecule has 8 heteroatoms. The third kappa shape index (κ3) is 7.03. The topological polar surface area (TPSA) is 106 Å². The molecule has 8 nitrogen and oxygen atoms in total. The summed E-state index contributed by atoms with van der Waals surface area (Å²) in [5.74, 6) is 2.37. The van der Waals surface area contributed by atoms with E-state index in [1.54, 1.807) is 19.1 Å². The Labute approximate surface area is 244 Å². The number of hydrogen-bond donors (Lipinski definition) is 2. The molecular formula is C33H46N4O4. The summed E-state index contributed by atoms with van der Waals surface area (Å²) in [5, 5.41) is 3.25. The summed E-state index contributed by atoms with van der Waals surface area (Å²) in [5.41, 5.74) is 9.29. The Balaban J connectivity index is 0.00000189. The normalized spacial score (nSPS) is 30.0. The quantitative estimate of drug-likeness (QED) is 0.483. The van der Waals surface area contributed by atoms with Crippen molar-refractivity contribution in [3.05, 3.63) is 65.0 Å². The van der Waals surface area contributed by atoms with Gasteiger partial charge in [-0.05, 0) is 82.6 Å². The van der Waals surface area contributed by atoms with E-state index in [2.05, 4.69) is 48.9 Å². The van der Waals surface area contributed by atoms with Gasteiger partial charge in [-0.1, -0.05) is 32.6 Å². The molecule has 0 radical (unpaired) electrons. The van der Waals surface area contributed by atoms with Crippen LogP contribution in [0.15, 0.2) is 58.8 Å². The molecule has 0 saturated heterocycles. The van der Waals surface area contributed by atoms with Gasteiger partial charge in [0.2, 0.25) is 11.8 Å². The number of guanidine groups is 1. The lowest BCUT2D eigenvalue weighted by atomic mass is 9.88. The number of fused-ring (bicyclic) bond motifs is 7. The second kappa shape index (κ2) is 12.5. The molecule has 4 unspecified atom stereocenters. The van der Waals surface area contributed by atoms with Crippen LogP contribution in [0.25, 0.3) is 0 Å². The van der Waals surface area contributed by atoms with Gasteiger partial charge in [0, 0.05) is 29.6 Å². The van der Waals surface area contributed by atoms with Crippen LogP contribution in [0.2, 0.25) is 0 Å². The predicted octanol–water partition coefficient (Wildman–Crippen LogP) is 5.67. The van der Waals surface area contributed by atoms with Gasteiger partial charge >= 0.3 is 0 Å². The van der Waals surface area contributed by atoms with Gasteiger partial charge < -0.3 is 20.5 Å². The van der Waals surface area contributed by atoms with Crippen molar-refractivity contribution >= 4 is 17.8 Å². The molecule has 2 amide bonds. The zero-order valence-electron chi connectivity index (χ0n) is 25.5. The van der Waals surface area contributed by atoms with Crippen LogP contribution >= 0.6 is 0 Å². The first-order valence-electron chi connectivity index (χ1n) is 15.0. The van der Waals surface area contributed by atoms with E-state index in [4.69, 9.17) is 15.2 Å². The first kappa shape index (κ1) is 30.4. The third-order valence-electron chi connectivity index (χ3n) is 8.16. The molecule has 4 heterocycles. The van der Waals surface area contributed by atoms with Crippen LogP contribution in [0.3, 0.4) is 0 Å². The Kier molecular flexibility index (Phi) is 9.30. The number of benzene rings is 1. The molecule has 4 bridgehead atoms. The summed E-state index contributed by atoms with van der Waals surface area (Å²) in [7, 11) is 0. The zero-order chi connectivity index (χ0) is 29.9. The molecule has 1 aliphatic carbocycles. The zero-order valence-corrected chi connectivity index (χ0v) is 25.5. The van der Waals surface area contributed by atoms with Gasteiger partial charge in [-0.15, -0.1) is 0 Å². The minimum atomic E-state index is -0.395. The summed E-state index contributed by atoms with van der Waals surface area (Å²) >= 11 is 0. The van der Waals surface area contributed by atoms with Gasteiger partial charge in [-0.25, -0.2) is 4.99 Å². The van der Waals surface area contributed by atoms with Crippen molar-refractivity contribution in [2.75, 3.05) is 13.2 Å². The summed E-state index contributed by atoms with van der Waals surface area (Å²) < 4.78 is 12.1. The van der Waals surface area contributed by atoms with Gasteiger partial charge in [-0.3, -0.25) is 14.5 Å². The van der Waals surface area contributed by atoms with E-state index in [9.17, 15) is 9.59 Å². The van der Waals surface area contributed by atoms with Crippen LogP contribution in [0.1, 0.15) is 96.7 Å². The average molecular weight is 563 g/mol. The number of aliphatic imine (C=N–C) groups is 1. The molecule has 41 heavy (non-hydrogen) atoms. The van der Waals surface area contributed by atoms with Gasteiger partial charge in [0.1, 0.15) is 17.1 Å². The Bertz CT molecular complexity index is 1280. The smallest absolute Gasteiger partial charge is 0.247 e. The van der Waals surface area contributed by atoms with Crippen molar-refractivity contribution in [1.29, 1.82) is 0 Å². The van der Waals surface area contributed by atoms with Crippen molar-refractivity contribution in [1.82, 2.24) is 10.2 Å². The van der Waals surface area contributed by atoms with E-state index < -0.39 is 5.60 Å². The number of allylic oxidation sites excluding steroid dienone is 2. The number of rotatable bonds is 2. The Hall–Kier alpha value is -3.55. The van der Waals surface area contributed by atoms with Gasteiger partial charge in [-0.2, -0.15) is 0 Å². The number of amides is 2. The molecule has 0 spiro atoms. The molecule has 1 aromatic carbocycles. The van der Waals surface area contributed by atoms with E-state index in [1.807, 2.05) is 20.8 Å². The lowest BCUT2D eigenvalue weighted by molar-refractivity contribution is -0.128. The second-order valence-electron chi connectivity index (χ2n) is 11.8. The molecule has 1 aromatic rings. The van der Waals surface area contributed by atoms with Crippen LogP contribution in [0.5, 0.6) is 5.75 Å². The standard InChI is InChI=1S/C31H40N4O4.C2H6/c1-6-38-26-11-7-18(2)29(37)34-25-16-31(4,5)39-27-12-9-21(14-24(25)27)23-13-20(23)8-10-22-15-28(36)35(17-19(26)3)30(32)33-22;1-2/h7,9,11-12,14,20,22-23,25H,3,6,8,10,13,15-17H2,1-2,4-5H3,(H2,32,33)(H,34,37);1-2H3/b18-7+,26-11+;. The summed E-state index contributed by atoms with van der Waals surface area (Å²) in [6.45, 7) is 16.5. The van der Waals surface area contributed by atoms with Gasteiger partial charge in [0.25, 0.3) is 0 Å². The van der Waals surface area contributed by atoms with E-state index >= 15 is 0 Å². The molecule has 1 fully saturated rings. The predicted molar refractivity (Wildman–Crippen MR) is 162 cm³/mol. The Morgan fingerprint density at radius 3 is 2.68 bits per heavy atom. The molecule has 4 atom stereocenters. The van der Waals surface area contributed by atoms with Crippen LogP contribution in [0, 0.1) is 5.92 Å². The minimum absolute atomic E-state index is 0.0546. The number of nitrogens with two attached hydrogens (primary N) is 1. The van der Waals surface area contributed by atoms with E-state index in [-0.39, 0.29) is 36.4 Å². The van der Waals surface area contributed by atoms with Gasteiger partial charge in [0.15, 0.2) is 5.96 Å². The number of carbonyl (C=O) groups excluding carboxylic acids is 2. The van der Waals surface area contributed by atoms with E-state index in [0.29, 0.717) is 48.2 Å². The SMILES string of the molecule is C=C1CN2C(=O)CC(CCC3CC3c3ccc4c(c3)C(CC(C)(C)O4)NC(=O)/C(C)=C/C=C\1OCC)N=C2N.CC. The minimum Gasteiger partial charge on any atom is -0.494 e. The Morgan fingerprint density at radius 2 is 1.98 bits per heavy atom. The maximum atomic E-state index is 13.3. The number of ether oxygens (including phenoxy) is 2. The molecule has 0 aromatic heterocycles. The highest BCUT2D eigenvalue weighted by Gasteiger charge is 2.41. The third-order valence-corrected chi connectivity index (χ3v) is 8.16. The molecule has 5 aliphatic rings. The summed E-state index contributed by atoms with van der Waals surface area (Å²) in [6.07, 6.45) is 7.42. The largest absolute Gasteiger partial charge is 0.494 e. The Morgan fingerprint density at radius 1 is 1.22 bits per heavy atom. The van der Waals surface area contributed by atoms with Crippen molar-refractivity contribution in [3.8, 4) is 5.75 Å². The molecule has 3 N–H and O–H groups in total. The molecule has 1 saturated carbocycles. The highest BCUT2D eigenvalue weighted by molar-refractivity contribution is 5.98. The number of nitrogens with zero attached hydrogens (tertiary/aromatic N) is 2. The first-order chi connectivity index (χ1) is 19.5. The number of nitrogens with one attached hydrogen (secondary N) is 1. The van der Waals surface area contributed by atoms with Crippen molar-refractivity contribution in [2.24, 2.45) is 16.6 Å². The molecule has 222 valence electrons. The van der Waals surface area contributed by atoms with Crippen LogP contribution in [-0.4, -0.2) is 47.5 Å². The fourth-order valence-corrected chi connectivity index (χ4v) is 5.93. The maximum absolute atomic E-state index is 13.3. The average Bonchev–Trinajstić information content (AvgIpc) is 3.71. The second-order valence-corrected chi connectivity index (χ2v) is 11.8. The van der Waals surface area contributed by atoms with Crippen LogP contribution in [-0.2, 0) is 14.3 Å². The molecule has 4 aliphatic heterocycles.